The lowest BCUT2D eigenvalue weighted by molar-refractivity contribution is 0.0540. The number of thiocarbonyl (C=S) groups is 1. The third-order valence-electron chi connectivity index (χ3n) is 2.96. The van der Waals surface area contributed by atoms with Gasteiger partial charge in [-0.25, -0.2) is 9.36 Å². The Kier molecular flexibility index (Phi) is 5.13. The minimum absolute atomic E-state index is 0.374. The molecule has 0 radical (unpaired) electrons. The molecule has 0 amide bonds. The third-order valence-corrected chi connectivity index (χ3v) is 4.12. The van der Waals surface area contributed by atoms with E-state index in [9.17, 15) is 4.79 Å². The molecule has 1 heterocycles. The lowest BCUT2D eigenvalue weighted by Crippen LogP contribution is -2.29. The number of hydrogen-bond donors (Lipinski definition) is 1. The molecule has 0 fully saturated rings. The summed E-state index contributed by atoms with van der Waals surface area (Å²) in [4.78, 5) is 12.5. The molecule has 2 aromatic rings. The van der Waals surface area contributed by atoms with E-state index in [0.717, 1.165) is 16.6 Å². The molecule has 0 aliphatic rings. The highest BCUT2D eigenvalue weighted by Gasteiger charge is 2.21. The van der Waals surface area contributed by atoms with Gasteiger partial charge in [0, 0.05) is 11.1 Å². The highest BCUT2D eigenvalue weighted by atomic mass is 32.2. The van der Waals surface area contributed by atoms with Crippen molar-refractivity contribution in [2.24, 2.45) is 0 Å². The second kappa shape index (κ2) is 6.71. The predicted molar refractivity (Wildman–Crippen MR) is 96.5 cm³/mol. The first kappa shape index (κ1) is 16.8. The summed E-state index contributed by atoms with van der Waals surface area (Å²) in [5.41, 5.74) is 1.12. The number of aromatic nitrogens is 1. The quantitative estimate of drug-likeness (QED) is 0.834. The second-order valence-corrected chi connectivity index (χ2v) is 7.34. The molecule has 0 unspecified atom stereocenters. The van der Waals surface area contributed by atoms with Crippen LogP contribution in [0.3, 0.4) is 0 Å². The van der Waals surface area contributed by atoms with E-state index in [1.165, 1.54) is 11.8 Å². The predicted octanol–water partition coefficient (Wildman–Crippen LogP) is 4.16. The summed E-state index contributed by atoms with van der Waals surface area (Å²) in [7, 11) is 0. The molecule has 2 rings (SSSR count). The molecule has 0 atom stereocenters. The van der Waals surface area contributed by atoms with Gasteiger partial charge in [0.15, 0.2) is 0 Å². The van der Waals surface area contributed by atoms with Crippen LogP contribution in [0.25, 0.3) is 10.9 Å². The van der Waals surface area contributed by atoms with Gasteiger partial charge in [0.1, 0.15) is 9.92 Å². The molecular formula is C16H20N2O2S2. The number of rotatable bonds is 2. The van der Waals surface area contributed by atoms with E-state index in [4.69, 9.17) is 17.0 Å². The summed E-state index contributed by atoms with van der Waals surface area (Å²) in [5.74, 6) is 0. The van der Waals surface area contributed by atoms with Gasteiger partial charge in [0.2, 0.25) is 0 Å². The number of carbonyl (C=O) groups excluding carboxylic acids is 1. The van der Waals surface area contributed by atoms with E-state index < -0.39 is 5.60 Å². The van der Waals surface area contributed by atoms with Gasteiger partial charge in [0.05, 0.1) is 12.1 Å². The standard InChI is InChI=1S/C16H20N2O2S2/c1-16(2,3)20-15(19)18-12(10-17-14(21)22-4)9-11-7-5-6-8-13(11)18/h5-9H,10H2,1-4H3,(H,17,21). The van der Waals surface area contributed by atoms with Crippen LogP contribution in [-0.4, -0.2) is 26.8 Å². The van der Waals surface area contributed by atoms with E-state index >= 15 is 0 Å². The van der Waals surface area contributed by atoms with Crippen LogP contribution in [0.1, 0.15) is 26.5 Å². The fourth-order valence-corrected chi connectivity index (χ4v) is 2.39. The number of carbonyl (C=O) groups is 1. The first-order valence-electron chi connectivity index (χ1n) is 6.96. The Morgan fingerprint density at radius 1 is 1.36 bits per heavy atom. The zero-order valence-electron chi connectivity index (χ0n) is 13.2. The molecule has 1 aromatic heterocycles. The molecule has 6 heteroatoms. The largest absolute Gasteiger partial charge is 0.443 e. The first-order valence-corrected chi connectivity index (χ1v) is 8.59. The molecule has 0 bridgehead atoms. The molecule has 0 aliphatic heterocycles. The molecule has 0 aliphatic carbocycles. The van der Waals surface area contributed by atoms with Crippen molar-refractivity contribution in [1.82, 2.24) is 9.88 Å². The Morgan fingerprint density at radius 3 is 2.68 bits per heavy atom. The van der Waals surface area contributed by atoms with E-state index in [-0.39, 0.29) is 6.09 Å². The molecule has 0 spiro atoms. The normalized spacial score (nSPS) is 11.5. The monoisotopic (exact) mass is 336 g/mol. The van der Waals surface area contributed by atoms with Crippen molar-refractivity contribution in [2.75, 3.05) is 6.26 Å². The maximum atomic E-state index is 12.5. The summed E-state index contributed by atoms with van der Waals surface area (Å²) in [6.45, 7) is 6.06. The van der Waals surface area contributed by atoms with Crippen molar-refractivity contribution in [3.8, 4) is 0 Å². The van der Waals surface area contributed by atoms with Crippen molar-refractivity contribution in [2.45, 2.75) is 32.9 Å². The number of hydrogen-bond acceptors (Lipinski definition) is 4. The van der Waals surface area contributed by atoms with Gasteiger partial charge in [-0.2, -0.15) is 0 Å². The van der Waals surface area contributed by atoms with Crippen molar-refractivity contribution in [1.29, 1.82) is 0 Å². The number of nitrogens with one attached hydrogen (secondary N) is 1. The molecule has 1 aromatic carbocycles. The minimum atomic E-state index is -0.540. The topological polar surface area (TPSA) is 43.3 Å². The second-order valence-electron chi connectivity index (χ2n) is 5.86. The fourth-order valence-electron chi connectivity index (χ4n) is 2.10. The maximum absolute atomic E-state index is 12.5. The number of fused-ring (bicyclic) bond motifs is 1. The van der Waals surface area contributed by atoms with Gasteiger partial charge in [0.25, 0.3) is 0 Å². The number of para-hydroxylation sites is 1. The lowest BCUT2D eigenvalue weighted by atomic mass is 10.2. The SMILES string of the molecule is CSC(=S)NCc1cc2ccccc2n1C(=O)OC(C)(C)C. The highest BCUT2D eigenvalue weighted by Crippen LogP contribution is 2.22. The van der Waals surface area contributed by atoms with Gasteiger partial charge >= 0.3 is 6.09 Å². The number of nitrogens with zero attached hydrogens (tertiary/aromatic N) is 1. The van der Waals surface area contributed by atoms with Crippen LogP contribution in [0.15, 0.2) is 30.3 Å². The molecule has 22 heavy (non-hydrogen) atoms. The summed E-state index contributed by atoms with van der Waals surface area (Å²) in [6, 6.07) is 9.73. The van der Waals surface area contributed by atoms with Gasteiger partial charge in [-0.15, -0.1) is 11.8 Å². The van der Waals surface area contributed by atoms with Crippen LogP contribution in [0, 0.1) is 0 Å². The van der Waals surface area contributed by atoms with Crippen LogP contribution in [-0.2, 0) is 11.3 Å². The summed E-state index contributed by atoms with van der Waals surface area (Å²) < 4.78 is 7.83. The van der Waals surface area contributed by atoms with Crippen LogP contribution in [0.5, 0.6) is 0 Å². The molecule has 0 saturated carbocycles. The van der Waals surface area contributed by atoms with Crippen molar-refractivity contribution < 1.29 is 9.53 Å². The van der Waals surface area contributed by atoms with Crippen LogP contribution in [0.2, 0.25) is 0 Å². The van der Waals surface area contributed by atoms with Crippen LogP contribution >= 0.6 is 24.0 Å². The van der Waals surface area contributed by atoms with Crippen LogP contribution < -0.4 is 5.32 Å². The summed E-state index contributed by atoms with van der Waals surface area (Å²) in [5, 5.41) is 4.13. The van der Waals surface area contributed by atoms with Crippen molar-refractivity contribution in [3.63, 3.8) is 0 Å². The molecule has 0 saturated heterocycles. The van der Waals surface area contributed by atoms with Crippen molar-refractivity contribution in [3.05, 3.63) is 36.0 Å². The number of ether oxygens (including phenoxy) is 1. The van der Waals surface area contributed by atoms with Gasteiger partial charge in [-0.3, -0.25) is 0 Å². The van der Waals surface area contributed by atoms with Gasteiger partial charge < -0.3 is 10.1 Å². The van der Waals surface area contributed by atoms with E-state index in [1.807, 2.05) is 57.4 Å². The molecular weight excluding hydrogens is 316 g/mol. The smallest absolute Gasteiger partial charge is 0.419 e. The fraction of sp³-hybridized carbons (Fsp3) is 0.375. The minimum Gasteiger partial charge on any atom is -0.443 e. The molecule has 1 N–H and O–H groups in total. The summed E-state index contributed by atoms with van der Waals surface area (Å²) in [6.07, 6.45) is 1.54. The Hall–Kier alpha value is -1.53. The molecule has 4 nitrogen and oxygen atoms in total. The Morgan fingerprint density at radius 2 is 2.05 bits per heavy atom. The van der Waals surface area contributed by atoms with Gasteiger partial charge in [-0.05, 0) is 39.2 Å². The van der Waals surface area contributed by atoms with E-state index in [2.05, 4.69) is 5.32 Å². The Balaban J connectivity index is 2.40. The number of thioether (sulfide) groups is 1. The lowest BCUT2D eigenvalue weighted by Gasteiger charge is -2.21. The zero-order valence-corrected chi connectivity index (χ0v) is 14.8. The average molecular weight is 336 g/mol. The van der Waals surface area contributed by atoms with E-state index in [0.29, 0.717) is 10.9 Å². The number of benzene rings is 1. The summed E-state index contributed by atoms with van der Waals surface area (Å²) >= 11 is 6.63. The van der Waals surface area contributed by atoms with E-state index in [1.54, 1.807) is 4.57 Å². The third kappa shape index (κ3) is 4.01. The molecule has 118 valence electrons. The zero-order chi connectivity index (χ0) is 16.3. The Labute approximate surface area is 140 Å². The highest BCUT2D eigenvalue weighted by molar-refractivity contribution is 8.22. The van der Waals surface area contributed by atoms with Gasteiger partial charge in [-0.1, -0.05) is 30.4 Å². The van der Waals surface area contributed by atoms with Crippen molar-refractivity contribution >= 4 is 45.3 Å². The first-order chi connectivity index (χ1) is 10.3. The maximum Gasteiger partial charge on any atom is 0.419 e. The average Bonchev–Trinajstić information content (AvgIpc) is 2.81. The Bertz CT molecular complexity index is 702. The van der Waals surface area contributed by atoms with Crippen LogP contribution in [0.4, 0.5) is 4.79 Å².